The lowest BCUT2D eigenvalue weighted by Crippen LogP contribution is -2.30. The molecule has 0 atom stereocenters. The molecule has 0 aliphatic carbocycles. The highest BCUT2D eigenvalue weighted by Gasteiger charge is 2.05. The van der Waals surface area contributed by atoms with Crippen LogP contribution in [0.1, 0.15) is 24.2 Å². The zero-order valence-electron chi connectivity index (χ0n) is 13.3. The van der Waals surface area contributed by atoms with E-state index in [1.165, 1.54) is 0 Å². The van der Waals surface area contributed by atoms with Gasteiger partial charge in [-0.1, -0.05) is 13.8 Å². The Kier molecular flexibility index (Phi) is 8.47. The van der Waals surface area contributed by atoms with Gasteiger partial charge < -0.3 is 20.3 Å². The van der Waals surface area contributed by atoms with Crippen LogP contribution < -0.4 is 15.4 Å². The van der Waals surface area contributed by atoms with Gasteiger partial charge in [0.1, 0.15) is 12.4 Å². The van der Waals surface area contributed by atoms with Crippen molar-refractivity contribution in [1.29, 1.82) is 0 Å². The van der Waals surface area contributed by atoms with Crippen LogP contribution >= 0.6 is 0 Å². The first-order valence-corrected chi connectivity index (χ1v) is 7.59. The predicted molar refractivity (Wildman–Crippen MR) is 86.0 cm³/mol. The molecule has 0 heterocycles. The van der Waals surface area contributed by atoms with E-state index in [1.807, 2.05) is 19.2 Å². The van der Waals surface area contributed by atoms with Crippen molar-refractivity contribution in [2.75, 3.05) is 46.4 Å². The Morgan fingerprint density at radius 3 is 2.38 bits per heavy atom. The van der Waals surface area contributed by atoms with Gasteiger partial charge in [0.05, 0.1) is 0 Å². The molecule has 0 bridgehead atoms. The monoisotopic (exact) mass is 293 g/mol. The third-order valence-electron chi connectivity index (χ3n) is 3.35. The highest BCUT2D eigenvalue weighted by Crippen LogP contribution is 2.12. The highest BCUT2D eigenvalue weighted by atomic mass is 16.5. The van der Waals surface area contributed by atoms with Crippen molar-refractivity contribution in [3.8, 4) is 5.75 Å². The van der Waals surface area contributed by atoms with Gasteiger partial charge in [-0.15, -0.1) is 0 Å². The van der Waals surface area contributed by atoms with Crippen LogP contribution in [0.2, 0.25) is 0 Å². The van der Waals surface area contributed by atoms with Gasteiger partial charge >= 0.3 is 0 Å². The Bertz CT molecular complexity index is 402. The van der Waals surface area contributed by atoms with E-state index in [9.17, 15) is 4.79 Å². The molecule has 118 valence electrons. The molecule has 2 N–H and O–H groups in total. The quantitative estimate of drug-likeness (QED) is 0.640. The Morgan fingerprint density at radius 2 is 1.81 bits per heavy atom. The summed E-state index contributed by atoms with van der Waals surface area (Å²) < 4.78 is 5.69. The molecule has 0 unspecified atom stereocenters. The third-order valence-corrected chi connectivity index (χ3v) is 3.35. The lowest BCUT2D eigenvalue weighted by atomic mass is 10.2. The molecule has 1 rings (SSSR count). The fourth-order valence-electron chi connectivity index (χ4n) is 1.94. The largest absolute Gasteiger partial charge is 0.492 e. The zero-order valence-corrected chi connectivity index (χ0v) is 13.3. The van der Waals surface area contributed by atoms with Crippen LogP contribution in [-0.2, 0) is 0 Å². The summed E-state index contributed by atoms with van der Waals surface area (Å²) in [5, 5.41) is 5.83. The molecule has 1 aromatic rings. The summed E-state index contributed by atoms with van der Waals surface area (Å²) in [4.78, 5) is 14.1. The first-order valence-electron chi connectivity index (χ1n) is 7.59. The van der Waals surface area contributed by atoms with Crippen LogP contribution in [0.3, 0.4) is 0 Å². The fraction of sp³-hybridized carbons (Fsp3) is 0.562. The number of rotatable bonds is 10. The van der Waals surface area contributed by atoms with Crippen molar-refractivity contribution in [2.45, 2.75) is 13.8 Å². The van der Waals surface area contributed by atoms with E-state index < -0.39 is 0 Å². The van der Waals surface area contributed by atoms with Crippen LogP contribution in [0.4, 0.5) is 0 Å². The molecule has 21 heavy (non-hydrogen) atoms. The van der Waals surface area contributed by atoms with Gasteiger partial charge in [-0.05, 0) is 44.4 Å². The zero-order chi connectivity index (χ0) is 15.5. The number of benzene rings is 1. The second-order valence-corrected chi connectivity index (χ2v) is 4.76. The van der Waals surface area contributed by atoms with E-state index in [0.29, 0.717) is 18.7 Å². The molecule has 0 saturated heterocycles. The maximum atomic E-state index is 11.8. The second kappa shape index (κ2) is 10.2. The number of carbonyl (C=O) groups excluding carboxylic acids is 1. The molecule has 5 nitrogen and oxygen atoms in total. The van der Waals surface area contributed by atoms with Crippen LogP contribution in [0, 0.1) is 0 Å². The van der Waals surface area contributed by atoms with Crippen LogP contribution in [0.5, 0.6) is 5.75 Å². The Morgan fingerprint density at radius 1 is 1.14 bits per heavy atom. The number of hydrogen-bond donors (Lipinski definition) is 2. The van der Waals surface area contributed by atoms with Crippen molar-refractivity contribution < 1.29 is 9.53 Å². The Hall–Kier alpha value is -1.59. The highest BCUT2D eigenvalue weighted by molar-refractivity contribution is 5.94. The summed E-state index contributed by atoms with van der Waals surface area (Å²) in [7, 11) is 1.86. The van der Waals surface area contributed by atoms with Gasteiger partial charge in [0.2, 0.25) is 0 Å². The number of nitrogens with zero attached hydrogens (tertiary/aromatic N) is 1. The maximum Gasteiger partial charge on any atom is 0.251 e. The summed E-state index contributed by atoms with van der Waals surface area (Å²) in [6.45, 7) is 9.32. The van der Waals surface area contributed by atoms with Gasteiger partial charge in [-0.25, -0.2) is 0 Å². The predicted octanol–water partition coefficient (Wildman–Crippen LogP) is 1.36. The number of likely N-dealkylation sites (N-methyl/N-ethyl adjacent to an activating group) is 2. The molecule has 0 aliphatic rings. The van der Waals surface area contributed by atoms with Crippen molar-refractivity contribution in [3.05, 3.63) is 29.8 Å². The first-order chi connectivity index (χ1) is 10.2. The minimum Gasteiger partial charge on any atom is -0.492 e. The lowest BCUT2D eigenvalue weighted by molar-refractivity contribution is 0.0954. The summed E-state index contributed by atoms with van der Waals surface area (Å²) in [6, 6.07) is 7.27. The lowest BCUT2D eigenvalue weighted by Gasteiger charge is -2.18. The average Bonchev–Trinajstić information content (AvgIpc) is 2.52. The van der Waals surface area contributed by atoms with Crippen molar-refractivity contribution in [1.82, 2.24) is 15.5 Å². The summed E-state index contributed by atoms with van der Waals surface area (Å²) in [5.41, 5.74) is 0.655. The molecule has 5 heteroatoms. The third kappa shape index (κ3) is 6.60. The average molecular weight is 293 g/mol. The van der Waals surface area contributed by atoms with E-state index in [4.69, 9.17) is 4.74 Å². The van der Waals surface area contributed by atoms with Crippen LogP contribution in [0.25, 0.3) is 0 Å². The number of nitrogens with one attached hydrogen (secondary N) is 2. The molecule has 1 amide bonds. The topological polar surface area (TPSA) is 53.6 Å². The van der Waals surface area contributed by atoms with Gasteiger partial charge in [-0.2, -0.15) is 0 Å². The summed E-state index contributed by atoms with van der Waals surface area (Å²) >= 11 is 0. The molecular weight excluding hydrogens is 266 g/mol. The normalized spacial score (nSPS) is 10.7. The van der Waals surface area contributed by atoms with E-state index >= 15 is 0 Å². The summed E-state index contributed by atoms with van der Waals surface area (Å²) in [5.74, 6) is 0.744. The van der Waals surface area contributed by atoms with E-state index in [1.54, 1.807) is 12.1 Å². The van der Waals surface area contributed by atoms with Crippen LogP contribution in [-0.4, -0.2) is 57.2 Å². The van der Waals surface area contributed by atoms with Crippen molar-refractivity contribution in [3.63, 3.8) is 0 Å². The first kappa shape index (κ1) is 17.5. The molecule has 0 spiro atoms. The smallest absolute Gasteiger partial charge is 0.251 e. The van der Waals surface area contributed by atoms with Crippen molar-refractivity contribution in [2.24, 2.45) is 0 Å². The fourth-order valence-corrected chi connectivity index (χ4v) is 1.94. The number of carbonyl (C=O) groups is 1. The number of hydrogen-bond acceptors (Lipinski definition) is 4. The van der Waals surface area contributed by atoms with Gasteiger partial charge in [0, 0.05) is 25.2 Å². The molecule has 0 aliphatic heterocycles. The minimum absolute atomic E-state index is 0.0556. The number of ether oxygens (including phenoxy) is 1. The SMILES string of the molecule is CCN(CC)CCOc1ccc(C(=O)NCCNC)cc1. The Labute approximate surface area is 127 Å². The van der Waals surface area contributed by atoms with Crippen molar-refractivity contribution >= 4 is 5.91 Å². The second-order valence-electron chi connectivity index (χ2n) is 4.76. The molecule has 0 saturated carbocycles. The minimum atomic E-state index is -0.0556. The van der Waals surface area contributed by atoms with E-state index in [0.717, 1.165) is 31.9 Å². The van der Waals surface area contributed by atoms with Gasteiger partial charge in [0.15, 0.2) is 0 Å². The molecule has 0 radical (unpaired) electrons. The van der Waals surface area contributed by atoms with Gasteiger partial charge in [0.25, 0.3) is 5.91 Å². The molecule has 1 aromatic carbocycles. The van der Waals surface area contributed by atoms with Crippen LogP contribution in [0.15, 0.2) is 24.3 Å². The Balaban J connectivity index is 2.37. The number of amides is 1. The molecule has 0 aromatic heterocycles. The van der Waals surface area contributed by atoms with E-state index in [2.05, 4.69) is 29.4 Å². The maximum absolute atomic E-state index is 11.8. The summed E-state index contributed by atoms with van der Waals surface area (Å²) in [6.07, 6.45) is 0. The van der Waals surface area contributed by atoms with E-state index in [-0.39, 0.29) is 5.91 Å². The molecule has 0 fully saturated rings. The molecular formula is C16H27N3O2. The standard InChI is InChI=1S/C16H27N3O2/c1-4-19(5-2)12-13-21-15-8-6-14(7-9-15)16(20)18-11-10-17-3/h6-9,17H,4-5,10-13H2,1-3H3,(H,18,20). The van der Waals surface area contributed by atoms with Gasteiger partial charge in [-0.3, -0.25) is 4.79 Å².